The lowest BCUT2D eigenvalue weighted by atomic mass is 10.0. The summed E-state index contributed by atoms with van der Waals surface area (Å²) >= 11 is 0. The van der Waals surface area contributed by atoms with Crippen LogP contribution in [0, 0.1) is 0 Å². The van der Waals surface area contributed by atoms with Crippen LogP contribution in [0.25, 0.3) is 0 Å². The molecule has 0 heterocycles. The third kappa shape index (κ3) is 3.83. The van der Waals surface area contributed by atoms with Gasteiger partial charge >= 0.3 is 0 Å². The largest absolute Gasteiger partial charge is 0.489 e. The summed E-state index contributed by atoms with van der Waals surface area (Å²) in [6.45, 7) is 2.80. The second kappa shape index (κ2) is 6.95. The second-order valence-corrected chi connectivity index (χ2v) is 4.59. The van der Waals surface area contributed by atoms with E-state index in [0.717, 1.165) is 12.2 Å². The highest BCUT2D eigenvalue weighted by Crippen LogP contribution is 2.20. The fourth-order valence-corrected chi connectivity index (χ4v) is 2.14. The van der Waals surface area contributed by atoms with Crippen LogP contribution in [0.15, 0.2) is 54.6 Å². The van der Waals surface area contributed by atoms with Crippen LogP contribution in [-0.4, -0.2) is 7.05 Å². The average molecular weight is 255 g/mol. The molecule has 2 aromatic carbocycles. The Morgan fingerprint density at radius 2 is 1.68 bits per heavy atom. The van der Waals surface area contributed by atoms with Crippen molar-refractivity contribution in [2.24, 2.45) is 0 Å². The van der Waals surface area contributed by atoms with Gasteiger partial charge in [0, 0.05) is 6.04 Å². The molecule has 0 aromatic heterocycles. The summed E-state index contributed by atoms with van der Waals surface area (Å²) in [6, 6.07) is 19.0. The van der Waals surface area contributed by atoms with Gasteiger partial charge in [0.15, 0.2) is 0 Å². The summed E-state index contributed by atoms with van der Waals surface area (Å²) in [7, 11) is 1.99. The van der Waals surface area contributed by atoms with E-state index >= 15 is 0 Å². The number of benzene rings is 2. The smallest absolute Gasteiger partial charge is 0.119 e. The van der Waals surface area contributed by atoms with E-state index in [-0.39, 0.29) is 0 Å². The molecule has 0 bridgehead atoms. The van der Waals surface area contributed by atoms with Gasteiger partial charge in [0.1, 0.15) is 12.4 Å². The van der Waals surface area contributed by atoms with E-state index in [2.05, 4.69) is 36.5 Å². The van der Waals surface area contributed by atoms with Gasteiger partial charge in [0.25, 0.3) is 0 Å². The van der Waals surface area contributed by atoms with Crippen LogP contribution in [0.1, 0.15) is 30.5 Å². The minimum atomic E-state index is 0.420. The molecule has 2 rings (SSSR count). The molecule has 0 aliphatic rings. The Bertz CT molecular complexity index is 474. The van der Waals surface area contributed by atoms with Gasteiger partial charge in [-0.15, -0.1) is 0 Å². The van der Waals surface area contributed by atoms with E-state index in [1.807, 2.05) is 37.4 Å². The Kier molecular flexibility index (Phi) is 4.99. The Morgan fingerprint density at radius 3 is 2.26 bits per heavy atom. The summed E-state index contributed by atoms with van der Waals surface area (Å²) in [5, 5.41) is 3.30. The second-order valence-electron chi connectivity index (χ2n) is 4.59. The van der Waals surface area contributed by atoms with E-state index in [0.29, 0.717) is 12.6 Å². The minimum absolute atomic E-state index is 0.420. The number of nitrogens with one attached hydrogen (secondary N) is 1. The molecule has 1 N–H and O–H groups in total. The van der Waals surface area contributed by atoms with Crippen LogP contribution in [0.2, 0.25) is 0 Å². The summed E-state index contributed by atoms with van der Waals surface area (Å²) in [5.74, 6) is 0.915. The topological polar surface area (TPSA) is 21.3 Å². The molecular formula is C17H21NO. The van der Waals surface area contributed by atoms with Crippen molar-refractivity contribution in [1.82, 2.24) is 5.32 Å². The van der Waals surface area contributed by atoms with E-state index < -0.39 is 0 Å². The van der Waals surface area contributed by atoms with Gasteiger partial charge < -0.3 is 10.1 Å². The minimum Gasteiger partial charge on any atom is -0.489 e. The van der Waals surface area contributed by atoms with Gasteiger partial charge in [0.2, 0.25) is 0 Å². The maximum Gasteiger partial charge on any atom is 0.119 e. The van der Waals surface area contributed by atoms with Crippen molar-refractivity contribution in [2.45, 2.75) is 26.0 Å². The predicted molar refractivity (Wildman–Crippen MR) is 79.3 cm³/mol. The molecule has 0 aliphatic carbocycles. The molecule has 0 amide bonds. The summed E-state index contributed by atoms with van der Waals surface area (Å²) in [4.78, 5) is 0. The molecule has 0 saturated carbocycles. The highest BCUT2D eigenvalue weighted by molar-refractivity contribution is 5.29. The molecule has 1 atom stereocenters. The van der Waals surface area contributed by atoms with Crippen molar-refractivity contribution in [3.8, 4) is 5.75 Å². The standard InChI is InChI=1S/C17H21NO/c1-3-17(18-2)15-9-11-16(12-10-15)19-13-14-7-5-4-6-8-14/h4-12,17-18H,3,13H2,1-2H3/t17-/m1/s1. The van der Waals surface area contributed by atoms with E-state index in [1.54, 1.807) is 0 Å². The molecule has 2 aromatic rings. The Morgan fingerprint density at radius 1 is 1.00 bits per heavy atom. The van der Waals surface area contributed by atoms with E-state index in [4.69, 9.17) is 4.74 Å². The van der Waals surface area contributed by atoms with Gasteiger partial charge in [-0.25, -0.2) is 0 Å². The van der Waals surface area contributed by atoms with Crippen LogP contribution < -0.4 is 10.1 Å². The maximum absolute atomic E-state index is 5.77. The van der Waals surface area contributed by atoms with Crippen LogP contribution >= 0.6 is 0 Å². The lowest BCUT2D eigenvalue weighted by Gasteiger charge is -2.14. The van der Waals surface area contributed by atoms with Crippen molar-refractivity contribution in [2.75, 3.05) is 7.05 Å². The number of hydrogen-bond donors (Lipinski definition) is 1. The van der Waals surface area contributed by atoms with Crippen LogP contribution in [0.4, 0.5) is 0 Å². The zero-order chi connectivity index (χ0) is 13.5. The first kappa shape index (κ1) is 13.6. The van der Waals surface area contributed by atoms with Crippen LogP contribution in [0.5, 0.6) is 5.75 Å². The van der Waals surface area contributed by atoms with Crippen molar-refractivity contribution in [3.63, 3.8) is 0 Å². The van der Waals surface area contributed by atoms with E-state index in [9.17, 15) is 0 Å². The molecule has 0 aliphatic heterocycles. The lowest BCUT2D eigenvalue weighted by Crippen LogP contribution is -2.14. The first-order valence-electron chi connectivity index (χ1n) is 6.77. The fourth-order valence-electron chi connectivity index (χ4n) is 2.14. The fraction of sp³-hybridized carbons (Fsp3) is 0.294. The zero-order valence-corrected chi connectivity index (χ0v) is 11.6. The normalized spacial score (nSPS) is 12.1. The van der Waals surface area contributed by atoms with Crippen molar-refractivity contribution in [1.29, 1.82) is 0 Å². The Balaban J connectivity index is 1.95. The van der Waals surface area contributed by atoms with Gasteiger partial charge in [-0.05, 0) is 36.7 Å². The van der Waals surface area contributed by atoms with Crippen molar-refractivity contribution < 1.29 is 4.74 Å². The van der Waals surface area contributed by atoms with Crippen LogP contribution in [0.3, 0.4) is 0 Å². The first-order valence-corrected chi connectivity index (χ1v) is 6.77. The van der Waals surface area contributed by atoms with Gasteiger partial charge in [-0.1, -0.05) is 49.4 Å². The van der Waals surface area contributed by atoms with Gasteiger partial charge in [-0.3, -0.25) is 0 Å². The van der Waals surface area contributed by atoms with Gasteiger partial charge in [0.05, 0.1) is 0 Å². The molecule has 100 valence electrons. The highest BCUT2D eigenvalue weighted by atomic mass is 16.5. The molecule has 2 heteroatoms. The SMILES string of the molecule is CC[C@@H](NC)c1ccc(OCc2ccccc2)cc1. The molecule has 0 spiro atoms. The Labute approximate surface area is 115 Å². The monoisotopic (exact) mass is 255 g/mol. The number of hydrogen-bond acceptors (Lipinski definition) is 2. The molecule has 0 saturated heterocycles. The molecule has 0 fully saturated rings. The quantitative estimate of drug-likeness (QED) is 0.844. The van der Waals surface area contributed by atoms with Gasteiger partial charge in [-0.2, -0.15) is 0 Å². The number of rotatable bonds is 6. The van der Waals surface area contributed by atoms with Crippen molar-refractivity contribution >= 4 is 0 Å². The molecule has 19 heavy (non-hydrogen) atoms. The zero-order valence-electron chi connectivity index (χ0n) is 11.6. The number of ether oxygens (including phenoxy) is 1. The predicted octanol–water partition coefficient (Wildman–Crippen LogP) is 3.94. The summed E-state index contributed by atoms with van der Waals surface area (Å²) in [6.07, 6.45) is 1.08. The lowest BCUT2D eigenvalue weighted by molar-refractivity contribution is 0.306. The highest BCUT2D eigenvalue weighted by Gasteiger charge is 2.05. The molecule has 0 unspecified atom stereocenters. The first-order chi connectivity index (χ1) is 9.33. The third-order valence-corrected chi connectivity index (χ3v) is 3.29. The molecule has 0 radical (unpaired) electrons. The maximum atomic E-state index is 5.77. The van der Waals surface area contributed by atoms with Crippen LogP contribution in [-0.2, 0) is 6.61 Å². The average Bonchev–Trinajstić information content (AvgIpc) is 2.49. The third-order valence-electron chi connectivity index (χ3n) is 3.29. The summed E-state index contributed by atoms with van der Waals surface area (Å²) in [5.41, 5.74) is 2.49. The Hall–Kier alpha value is -1.80. The molecule has 2 nitrogen and oxygen atoms in total. The van der Waals surface area contributed by atoms with Crippen molar-refractivity contribution in [3.05, 3.63) is 65.7 Å². The molecular weight excluding hydrogens is 234 g/mol. The summed E-state index contributed by atoms with van der Waals surface area (Å²) < 4.78 is 5.77. The van der Waals surface area contributed by atoms with E-state index in [1.165, 1.54) is 11.1 Å².